The van der Waals surface area contributed by atoms with E-state index in [4.69, 9.17) is 14.1 Å². The molecule has 150 valence electrons. The van der Waals surface area contributed by atoms with Crippen molar-refractivity contribution in [3.8, 4) is 0 Å². The Hall–Kier alpha value is -2.28. The van der Waals surface area contributed by atoms with Gasteiger partial charge in [-0.1, -0.05) is 0 Å². The monoisotopic (exact) mass is 375 g/mol. The third-order valence-electron chi connectivity index (χ3n) is 4.11. The van der Waals surface area contributed by atoms with E-state index >= 15 is 0 Å². The van der Waals surface area contributed by atoms with Crippen molar-refractivity contribution in [1.82, 2.24) is 20.4 Å². The first-order valence-electron chi connectivity index (χ1n) is 9.82. The van der Waals surface area contributed by atoms with Crippen molar-refractivity contribution < 1.29 is 9.15 Å². The Morgan fingerprint density at radius 2 is 2.11 bits per heavy atom. The van der Waals surface area contributed by atoms with E-state index < -0.39 is 0 Å². The second-order valence-electron chi connectivity index (χ2n) is 6.47. The van der Waals surface area contributed by atoms with Crippen molar-refractivity contribution in [2.24, 2.45) is 4.99 Å². The summed E-state index contributed by atoms with van der Waals surface area (Å²) in [4.78, 5) is 4.69. The zero-order valence-electron chi connectivity index (χ0n) is 16.8. The van der Waals surface area contributed by atoms with Crippen molar-refractivity contribution in [3.63, 3.8) is 0 Å². The SMILES string of the molecule is CCOCCCNC(=NCCCn1nc(C)cc1C)NCCc1ccco1. The molecule has 0 saturated carbocycles. The summed E-state index contributed by atoms with van der Waals surface area (Å²) in [7, 11) is 0. The van der Waals surface area contributed by atoms with Crippen LogP contribution in [0.25, 0.3) is 0 Å². The van der Waals surface area contributed by atoms with Gasteiger partial charge in [0.1, 0.15) is 5.76 Å². The summed E-state index contributed by atoms with van der Waals surface area (Å²) in [5, 5.41) is 11.3. The highest BCUT2D eigenvalue weighted by Crippen LogP contribution is 2.03. The van der Waals surface area contributed by atoms with Crippen molar-refractivity contribution in [2.75, 3.05) is 32.8 Å². The molecule has 2 rings (SSSR count). The predicted octanol–water partition coefficient (Wildman–Crippen LogP) is 2.69. The maximum absolute atomic E-state index is 5.38. The van der Waals surface area contributed by atoms with Gasteiger partial charge >= 0.3 is 0 Å². The van der Waals surface area contributed by atoms with Crippen molar-refractivity contribution >= 4 is 5.96 Å². The molecule has 0 bridgehead atoms. The number of rotatable bonds is 12. The number of hydrogen-bond donors (Lipinski definition) is 2. The second-order valence-corrected chi connectivity index (χ2v) is 6.47. The van der Waals surface area contributed by atoms with E-state index in [0.29, 0.717) is 0 Å². The first-order valence-corrected chi connectivity index (χ1v) is 9.82. The number of guanidine groups is 1. The molecule has 2 aromatic heterocycles. The summed E-state index contributed by atoms with van der Waals surface area (Å²) < 4.78 is 12.8. The molecule has 0 aromatic carbocycles. The lowest BCUT2D eigenvalue weighted by Gasteiger charge is -2.12. The predicted molar refractivity (Wildman–Crippen MR) is 108 cm³/mol. The zero-order valence-corrected chi connectivity index (χ0v) is 16.8. The number of aliphatic imine (C=N–C) groups is 1. The third kappa shape index (κ3) is 8.30. The van der Waals surface area contributed by atoms with Crippen LogP contribution in [0.4, 0.5) is 0 Å². The van der Waals surface area contributed by atoms with Crippen molar-refractivity contribution in [3.05, 3.63) is 41.6 Å². The molecule has 7 nitrogen and oxygen atoms in total. The van der Waals surface area contributed by atoms with E-state index in [0.717, 1.165) is 76.1 Å². The van der Waals surface area contributed by atoms with Crippen LogP contribution in [0.1, 0.15) is 36.9 Å². The molecule has 2 aromatic rings. The smallest absolute Gasteiger partial charge is 0.191 e. The average Bonchev–Trinajstić information content (AvgIpc) is 3.27. The number of furan rings is 1. The van der Waals surface area contributed by atoms with Crippen molar-refractivity contribution in [1.29, 1.82) is 0 Å². The van der Waals surface area contributed by atoms with Gasteiger partial charge in [-0.25, -0.2) is 0 Å². The molecule has 7 heteroatoms. The Labute approximate surface area is 162 Å². The first-order chi connectivity index (χ1) is 13.2. The standard InChI is InChI=1S/C20H33N5O2/c1-4-26-14-7-11-22-20(23-12-9-19-8-5-15-27-19)21-10-6-13-25-18(3)16-17(2)24-25/h5,8,15-16H,4,6-7,9-14H2,1-3H3,(H2,21,22,23). The fourth-order valence-corrected chi connectivity index (χ4v) is 2.77. The molecule has 0 atom stereocenters. The molecule has 0 aliphatic carbocycles. The second kappa shape index (κ2) is 12.2. The Morgan fingerprint density at radius 3 is 2.81 bits per heavy atom. The van der Waals surface area contributed by atoms with Gasteiger partial charge in [-0.05, 0) is 51.8 Å². The van der Waals surface area contributed by atoms with Crippen molar-refractivity contribution in [2.45, 2.75) is 46.6 Å². The number of nitrogens with one attached hydrogen (secondary N) is 2. The Balaban J connectivity index is 1.75. The minimum atomic E-state index is 0.750. The third-order valence-corrected chi connectivity index (χ3v) is 4.11. The lowest BCUT2D eigenvalue weighted by atomic mass is 10.3. The summed E-state index contributed by atoms with van der Waals surface area (Å²) in [5.74, 6) is 1.81. The van der Waals surface area contributed by atoms with Gasteiger partial charge in [0.15, 0.2) is 5.96 Å². The maximum Gasteiger partial charge on any atom is 0.191 e. The highest BCUT2D eigenvalue weighted by atomic mass is 16.5. The molecule has 27 heavy (non-hydrogen) atoms. The normalized spacial score (nSPS) is 11.7. The summed E-state index contributed by atoms with van der Waals surface area (Å²) in [6, 6.07) is 6.00. The Bertz CT molecular complexity index is 664. The van der Waals surface area contributed by atoms with Crippen LogP contribution in [0.3, 0.4) is 0 Å². The van der Waals surface area contributed by atoms with Crippen LogP contribution in [0, 0.1) is 13.8 Å². The number of ether oxygens (including phenoxy) is 1. The molecule has 0 unspecified atom stereocenters. The average molecular weight is 376 g/mol. The van der Waals surface area contributed by atoms with E-state index in [-0.39, 0.29) is 0 Å². The topological polar surface area (TPSA) is 76.6 Å². The molecule has 0 aliphatic rings. The number of aromatic nitrogens is 2. The fourth-order valence-electron chi connectivity index (χ4n) is 2.77. The van der Waals surface area contributed by atoms with Gasteiger partial charge in [0.05, 0.1) is 12.0 Å². The zero-order chi connectivity index (χ0) is 19.3. The quantitative estimate of drug-likeness (QED) is 0.339. The molecule has 2 heterocycles. The molecule has 0 radical (unpaired) electrons. The van der Waals surface area contributed by atoms with Crippen LogP contribution in [0.15, 0.2) is 33.9 Å². The van der Waals surface area contributed by atoms with Crippen LogP contribution in [0.2, 0.25) is 0 Å². The van der Waals surface area contributed by atoms with E-state index in [1.54, 1.807) is 6.26 Å². The van der Waals surface area contributed by atoms with E-state index in [1.807, 2.05) is 30.7 Å². The highest BCUT2D eigenvalue weighted by Gasteiger charge is 2.02. The summed E-state index contributed by atoms with van der Waals surface area (Å²) >= 11 is 0. The van der Waals surface area contributed by atoms with Gasteiger partial charge in [0, 0.05) is 51.5 Å². The lowest BCUT2D eigenvalue weighted by Crippen LogP contribution is -2.39. The number of nitrogens with zero attached hydrogens (tertiary/aromatic N) is 3. The molecular weight excluding hydrogens is 342 g/mol. The van der Waals surface area contributed by atoms with Gasteiger partial charge < -0.3 is 19.8 Å². The maximum atomic E-state index is 5.38. The number of hydrogen-bond acceptors (Lipinski definition) is 4. The summed E-state index contributed by atoms with van der Waals surface area (Å²) in [5.41, 5.74) is 2.26. The van der Waals surface area contributed by atoms with Crippen LogP contribution < -0.4 is 10.6 Å². The molecule has 0 spiro atoms. The Morgan fingerprint density at radius 1 is 1.26 bits per heavy atom. The largest absolute Gasteiger partial charge is 0.469 e. The van der Waals surface area contributed by atoms with Crippen LogP contribution >= 0.6 is 0 Å². The lowest BCUT2D eigenvalue weighted by molar-refractivity contribution is 0.145. The van der Waals surface area contributed by atoms with Gasteiger partial charge in [-0.3, -0.25) is 9.67 Å². The van der Waals surface area contributed by atoms with Gasteiger partial charge in [0.25, 0.3) is 0 Å². The van der Waals surface area contributed by atoms with Crippen LogP contribution in [0.5, 0.6) is 0 Å². The number of aryl methyl sites for hydroxylation is 3. The molecule has 0 aliphatic heterocycles. The summed E-state index contributed by atoms with van der Waals surface area (Å²) in [6.45, 7) is 10.9. The van der Waals surface area contributed by atoms with Gasteiger partial charge in [0.2, 0.25) is 0 Å². The van der Waals surface area contributed by atoms with E-state index in [9.17, 15) is 0 Å². The first kappa shape index (κ1) is 21.0. The van der Waals surface area contributed by atoms with Crippen LogP contribution in [-0.2, 0) is 17.7 Å². The summed E-state index contributed by atoms with van der Waals surface area (Å²) in [6.07, 6.45) is 4.44. The molecule has 0 fully saturated rings. The fraction of sp³-hybridized carbons (Fsp3) is 0.600. The minimum absolute atomic E-state index is 0.750. The van der Waals surface area contributed by atoms with Crippen LogP contribution in [-0.4, -0.2) is 48.6 Å². The van der Waals surface area contributed by atoms with Gasteiger partial charge in [-0.15, -0.1) is 0 Å². The Kier molecular flexibility index (Phi) is 9.48. The van der Waals surface area contributed by atoms with Gasteiger partial charge in [-0.2, -0.15) is 5.10 Å². The molecule has 0 amide bonds. The van der Waals surface area contributed by atoms with E-state index in [1.165, 1.54) is 5.69 Å². The molecule has 2 N–H and O–H groups in total. The van der Waals surface area contributed by atoms with E-state index in [2.05, 4.69) is 28.7 Å². The highest BCUT2D eigenvalue weighted by molar-refractivity contribution is 5.79. The molecular formula is C20H33N5O2. The minimum Gasteiger partial charge on any atom is -0.469 e. The molecule has 0 saturated heterocycles.